The normalized spacial score (nSPS) is 13.4. The highest BCUT2D eigenvalue weighted by atomic mass is 31.1. The number of hydrogen-bond donors (Lipinski definition) is 2. The molecule has 2 atom stereocenters. The third-order valence-electron chi connectivity index (χ3n) is 5.68. The molecule has 0 spiro atoms. The highest BCUT2D eigenvalue weighted by Gasteiger charge is 2.25. The zero-order chi connectivity index (χ0) is 21.7. The zero-order valence-corrected chi connectivity index (χ0v) is 19.2. The lowest BCUT2D eigenvalue weighted by Crippen LogP contribution is -2.47. The molecule has 0 saturated carbocycles. The van der Waals surface area contributed by atoms with Gasteiger partial charge in [-0.25, -0.2) is 0 Å². The van der Waals surface area contributed by atoms with Crippen LogP contribution in [0.2, 0.25) is 0 Å². The van der Waals surface area contributed by atoms with Gasteiger partial charge in [0.1, 0.15) is 6.61 Å². The van der Waals surface area contributed by atoms with E-state index in [1.165, 1.54) is 54.4 Å². The third kappa shape index (κ3) is 8.65. The molecule has 0 heterocycles. The van der Waals surface area contributed by atoms with Crippen LogP contribution in [-0.4, -0.2) is 23.9 Å². The van der Waals surface area contributed by atoms with Gasteiger partial charge in [0.25, 0.3) is 0 Å². The molecule has 0 radical (unpaired) electrons. The lowest BCUT2D eigenvalue weighted by Gasteiger charge is -2.23. The molecular weight excluding hydrogens is 393 g/mol. The van der Waals surface area contributed by atoms with E-state index in [1.54, 1.807) is 0 Å². The van der Waals surface area contributed by atoms with E-state index in [9.17, 15) is 9.67 Å². The van der Waals surface area contributed by atoms with Gasteiger partial charge in [-0.15, -0.1) is 4.52 Å². The molecule has 0 aliphatic carbocycles. The number of aliphatic hydroxyl groups is 1. The average molecular weight is 431 g/mol. The first kappa shape index (κ1) is 24.7. The van der Waals surface area contributed by atoms with E-state index in [4.69, 9.17) is 10.3 Å². The van der Waals surface area contributed by atoms with Gasteiger partial charge >= 0.3 is 8.69 Å². The summed E-state index contributed by atoms with van der Waals surface area (Å²) in [7, 11) is -0.839. The average Bonchev–Trinajstić information content (AvgIpc) is 2.79. The Balaban J connectivity index is 1.78. The van der Waals surface area contributed by atoms with Crippen molar-refractivity contribution in [1.29, 1.82) is 0 Å². The maximum absolute atomic E-state index is 10.5. The Hall–Kier alpha value is -1.58. The highest BCUT2D eigenvalue weighted by Crippen LogP contribution is 2.22. The van der Waals surface area contributed by atoms with Gasteiger partial charge in [0.15, 0.2) is 0 Å². The van der Waals surface area contributed by atoms with Gasteiger partial charge < -0.3 is 10.8 Å². The Morgan fingerprint density at radius 1 is 0.867 bits per heavy atom. The summed E-state index contributed by atoms with van der Waals surface area (Å²) >= 11 is 0. The van der Waals surface area contributed by atoms with Gasteiger partial charge in [-0.3, -0.25) is 0 Å². The second kappa shape index (κ2) is 13.7. The lowest BCUT2D eigenvalue weighted by atomic mass is 9.94. The van der Waals surface area contributed by atoms with E-state index < -0.39 is 14.2 Å². The van der Waals surface area contributed by atoms with Crippen LogP contribution in [0.1, 0.15) is 63.0 Å². The van der Waals surface area contributed by atoms with Gasteiger partial charge in [0.2, 0.25) is 0 Å². The third-order valence-corrected chi connectivity index (χ3v) is 5.95. The highest BCUT2D eigenvalue weighted by molar-refractivity contribution is 7.17. The van der Waals surface area contributed by atoms with E-state index in [2.05, 4.69) is 55.5 Å². The maximum Gasteiger partial charge on any atom is 0.494 e. The standard InChI is InChI=1S/C25H37NO3P/c1-2-3-4-5-8-21-10-14-23(15-11-21)24-16-12-22(13-17-24)9-6-7-18-25(26,19-27)20-29-30-28/h10-17,27,30H,2-9,18-20,26H2,1H3/q+1. The fourth-order valence-electron chi connectivity index (χ4n) is 3.66. The molecule has 0 bridgehead atoms. The van der Waals surface area contributed by atoms with Gasteiger partial charge in [-0.2, -0.15) is 0 Å². The predicted octanol–water partition coefficient (Wildman–Crippen LogP) is 5.83. The Kier molecular flexibility index (Phi) is 11.2. The first-order valence-electron chi connectivity index (χ1n) is 11.2. The smallest absolute Gasteiger partial charge is 0.394 e. The monoisotopic (exact) mass is 430 g/mol. The van der Waals surface area contributed by atoms with Crippen molar-refractivity contribution in [2.45, 2.75) is 70.3 Å². The van der Waals surface area contributed by atoms with E-state index in [0.29, 0.717) is 6.42 Å². The molecule has 2 aromatic rings. The Bertz CT molecular complexity index is 733. The number of benzene rings is 2. The summed E-state index contributed by atoms with van der Waals surface area (Å²) in [5.41, 5.74) is 10.5. The molecule has 0 saturated heterocycles. The SMILES string of the molecule is CCCCCCc1ccc(-c2ccc(CCCCC(N)(CO)CO[PH+]=O)cc2)cc1. The minimum absolute atomic E-state index is 0.123. The van der Waals surface area contributed by atoms with Crippen LogP contribution in [0.25, 0.3) is 11.1 Å². The van der Waals surface area contributed by atoms with Crippen molar-refractivity contribution in [3.8, 4) is 11.1 Å². The first-order valence-corrected chi connectivity index (χ1v) is 12.0. The largest absolute Gasteiger partial charge is 0.494 e. The summed E-state index contributed by atoms with van der Waals surface area (Å²) in [5.74, 6) is 0. The summed E-state index contributed by atoms with van der Waals surface area (Å²) in [5, 5.41) is 9.44. The topological polar surface area (TPSA) is 72.6 Å². The van der Waals surface area contributed by atoms with Crippen LogP contribution in [0.4, 0.5) is 0 Å². The molecule has 4 nitrogen and oxygen atoms in total. The fourth-order valence-corrected chi connectivity index (χ4v) is 4.01. The van der Waals surface area contributed by atoms with Crippen molar-refractivity contribution >= 4 is 8.69 Å². The van der Waals surface area contributed by atoms with E-state index in [-0.39, 0.29) is 13.2 Å². The molecular formula is C25H37NO3P+. The molecule has 5 heteroatoms. The number of rotatable bonds is 15. The minimum Gasteiger partial charge on any atom is -0.394 e. The fraction of sp³-hybridized carbons (Fsp3) is 0.520. The quantitative estimate of drug-likeness (QED) is 0.275. The molecule has 164 valence electrons. The maximum atomic E-state index is 10.5. The van der Waals surface area contributed by atoms with Crippen molar-refractivity contribution in [3.05, 3.63) is 59.7 Å². The van der Waals surface area contributed by atoms with Crippen LogP contribution in [0.15, 0.2) is 48.5 Å². The molecule has 0 fully saturated rings. The molecule has 0 aliphatic heterocycles. The van der Waals surface area contributed by atoms with E-state index >= 15 is 0 Å². The van der Waals surface area contributed by atoms with Gasteiger partial charge in [0, 0.05) is 0 Å². The van der Waals surface area contributed by atoms with Crippen molar-refractivity contribution in [2.24, 2.45) is 5.73 Å². The molecule has 2 rings (SSSR count). The molecule has 0 amide bonds. The minimum atomic E-state index is -0.839. The second-order valence-corrected chi connectivity index (χ2v) is 8.76. The summed E-state index contributed by atoms with van der Waals surface area (Å²) < 4.78 is 15.4. The van der Waals surface area contributed by atoms with Gasteiger partial charge in [-0.1, -0.05) is 81.1 Å². The Labute approximate surface area is 183 Å². The van der Waals surface area contributed by atoms with Crippen LogP contribution < -0.4 is 5.73 Å². The predicted molar refractivity (Wildman–Crippen MR) is 126 cm³/mol. The lowest BCUT2D eigenvalue weighted by molar-refractivity contribution is 0.131. The number of aliphatic hydroxyl groups excluding tert-OH is 1. The molecule has 3 N–H and O–H groups in total. The molecule has 2 aromatic carbocycles. The first-order chi connectivity index (χ1) is 14.6. The van der Waals surface area contributed by atoms with Crippen molar-refractivity contribution in [1.82, 2.24) is 0 Å². The van der Waals surface area contributed by atoms with Crippen LogP contribution in [0, 0.1) is 0 Å². The van der Waals surface area contributed by atoms with Crippen LogP contribution in [0.5, 0.6) is 0 Å². The molecule has 0 aromatic heterocycles. The molecule has 0 aliphatic rings. The van der Waals surface area contributed by atoms with Gasteiger partial charge in [0.05, 0.1) is 12.1 Å². The Morgan fingerprint density at radius 3 is 1.87 bits per heavy atom. The van der Waals surface area contributed by atoms with Crippen LogP contribution >= 0.6 is 8.69 Å². The molecule has 30 heavy (non-hydrogen) atoms. The summed E-state index contributed by atoms with van der Waals surface area (Å²) in [6, 6.07) is 17.7. The van der Waals surface area contributed by atoms with Crippen molar-refractivity contribution in [2.75, 3.05) is 13.2 Å². The summed E-state index contributed by atoms with van der Waals surface area (Å²) in [6.07, 6.45) is 9.88. The van der Waals surface area contributed by atoms with Crippen molar-refractivity contribution in [3.63, 3.8) is 0 Å². The van der Waals surface area contributed by atoms with Crippen LogP contribution in [-0.2, 0) is 21.9 Å². The van der Waals surface area contributed by atoms with E-state index in [1.807, 2.05) is 0 Å². The summed E-state index contributed by atoms with van der Waals surface area (Å²) in [4.78, 5) is 0. The second-order valence-electron chi connectivity index (χ2n) is 8.30. The van der Waals surface area contributed by atoms with E-state index in [0.717, 1.165) is 19.3 Å². The van der Waals surface area contributed by atoms with Crippen molar-refractivity contribution < 1.29 is 14.2 Å². The van der Waals surface area contributed by atoms with Gasteiger partial charge in [-0.05, 0) is 58.9 Å². The number of nitrogens with two attached hydrogens (primary N) is 1. The molecule has 2 unspecified atom stereocenters. The number of hydrogen-bond acceptors (Lipinski definition) is 4. The number of unbranched alkanes of at least 4 members (excludes halogenated alkanes) is 4. The number of aryl methyl sites for hydroxylation is 2. The summed E-state index contributed by atoms with van der Waals surface area (Å²) in [6.45, 7) is 2.21. The van der Waals surface area contributed by atoms with Crippen LogP contribution in [0.3, 0.4) is 0 Å². The zero-order valence-electron chi connectivity index (χ0n) is 18.2. The Morgan fingerprint density at radius 2 is 1.40 bits per heavy atom.